The van der Waals surface area contributed by atoms with Gasteiger partial charge >= 0.3 is 0 Å². The maximum absolute atomic E-state index is 5.68. The molecule has 0 aromatic heterocycles. The summed E-state index contributed by atoms with van der Waals surface area (Å²) in [5.74, 6) is 0.657. The molecule has 18 heavy (non-hydrogen) atoms. The molecule has 4 heteroatoms. The number of rotatable bonds is 5. The summed E-state index contributed by atoms with van der Waals surface area (Å²) in [4.78, 5) is 2.60. The number of hydrogen-bond acceptors (Lipinski definition) is 3. The largest absolute Gasteiger partial charge is 0.380 e. The molecule has 3 nitrogen and oxygen atoms in total. The lowest BCUT2D eigenvalue weighted by molar-refractivity contribution is 0.0862. The summed E-state index contributed by atoms with van der Waals surface area (Å²) >= 11 is 0. The van der Waals surface area contributed by atoms with Crippen LogP contribution in [0.25, 0.3) is 0 Å². The Morgan fingerprint density at radius 1 is 1.22 bits per heavy atom. The summed E-state index contributed by atoms with van der Waals surface area (Å²) < 4.78 is 5.68. The van der Waals surface area contributed by atoms with Crippen molar-refractivity contribution in [3.8, 4) is 0 Å². The van der Waals surface area contributed by atoms with E-state index in [0.29, 0.717) is 11.3 Å². The van der Waals surface area contributed by atoms with E-state index in [9.17, 15) is 0 Å². The first-order valence-corrected chi connectivity index (χ1v) is 7.21. The van der Waals surface area contributed by atoms with Crippen molar-refractivity contribution in [3.05, 3.63) is 0 Å². The van der Waals surface area contributed by atoms with Crippen LogP contribution in [0.4, 0.5) is 0 Å². The van der Waals surface area contributed by atoms with Crippen molar-refractivity contribution in [1.29, 1.82) is 0 Å². The van der Waals surface area contributed by atoms with Gasteiger partial charge in [0.1, 0.15) is 0 Å². The fourth-order valence-corrected chi connectivity index (χ4v) is 3.10. The van der Waals surface area contributed by atoms with Crippen LogP contribution in [0.1, 0.15) is 33.1 Å². The van der Waals surface area contributed by atoms with Crippen LogP contribution in [0.2, 0.25) is 0 Å². The van der Waals surface area contributed by atoms with Crippen LogP contribution in [0.3, 0.4) is 0 Å². The maximum atomic E-state index is 5.68. The molecule has 0 atom stereocenters. The van der Waals surface area contributed by atoms with Gasteiger partial charge in [0, 0.05) is 19.7 Å². The van der Waals surface area contributed by atoms with Crippen molar-refractivity contribution in [3.63, 3.8) is 0 Å². The van der Waals surface area contributed by atoms with E-state index in [0.717, 1.165) is 19.8 Å². The molecule has 2 aliphatic rings. The number of nitrogens with zero attached hydrogens (tertiary/aromatic N) is 1. The summed E-state index contributed by atoms with van der Waals surface area (Å²) in [6.45, 7) is 12.4. The molecule has 0 bridgehead atoms. The Hall–Kier alpha value is 0.170. The number of piperidine rings is 1. The molecular formula is C14H29ClN2O. The predicted molar refractivity (Wildman–Crippen MR) is 78.5 cm³/mol. The maximum Gasteiger partial charge on any atom is 0.0593 e. The minimum absolute atomic E-state index is 0. The van der Waals surface area contributed by atoms with E-state index in [-0.39, 0.29) is 12.4 Å². The first-order valence-electron chi connectivity index (χ1n) is 7.21. The highest BCUT2D eigenvalue weighted by Crippen LogP contribution is 2.38. The molecule has 2 heterocycles. The molecule has 1 N–H and O–H groups in total. The zero-order valence-corrected chi connectivity index (χ0v) is 12.7. The second kappa shape index (κ2) is 7.68. The molecule has 0 aromatic carbocycles. The second-order valence-corrected chi connectivity index (χ2v) is 6.24. The molecule has 2 fully saturated rings. The van der Waals surface area contributed by atoms with Crippen molar-refractivity contribution in [2.75, 3.05) is 45.9 Å². The van der Waals surface area contributed by atoms with Crippen LogP contribution in [-0.4, -0.2) is 50.8 Å². The van der Waals surface area contributed by atoms with Crippen LogP contribution < -0.4 is 5.32 Å². The number of halogens is 1. The van der Waals surface area contributed by atoms with E-state index in [1.54, 1.807) is 0 Å². The summed E-state index contributed by atoms with van der Waals surface area (Å²) in [6, 6.07) is 0. The third kappa shape index (κ3) is 4.69. The standard InChI is InChI=1S/C14H28N2O.ClH/c1-13(2)11-17-10-9-16-8-5-14(12-16)3-6-15-7-4-14;/h13,15H,3-12H2,1-2H3;1H. The minimum Gasteiger partial charge on any atom is -0.380 e. The number of ether oxygens (including phenoxy) is 1. The molecule has 2 saturated heterocycles. The normalized spacial score (nSPS) is 23.5. The van der Waals surface area contributed by atoms with Crippen LogP contribution in [0, 0.1) is 11.3 Å². The topological polar surface area (TPSA) is 24.5 Å². The van der Waals surface area contributed by atoms with Gasteiger partial charge in [0.15, 0.2) is 0 Å². The molecule has 0 aliphatic carbocycles. The van der Waals surface area contributed by atoms with Crippen LogP contribution in [0.5, 0.6) is 0 Å². The third-order valence-corrected chi connectivity index (χ3v) is 4.18. The Morgan fingerprint density at radius 3 is 2.61 bits per heavy atom. The van der Waals surface area contributed by atoms with E-state index < -0.39 is 0 Å². The number of hydrogen-bond donors (Lipinski definition) is 1. The highest BCUT2D eigenvalue weighted by molar-refractivity contribution is 5.85. The fraction of sp³-hybridized carbons (Fsp3) is 1.00. The lowest BCUT2D eigenvalue weighted by Gasteiger charge is -2.33. The second-order valence-electron chi connectivity index (χ2n) is 6.24. The molecule has 2 rings (SSSR count). The smallest absolute Gasteiger partial charge is 0.0593 e. The molecule has 0 saturated carbocycles. The zero-order chi connectivity index (χ0) is 12.1. The van der Waals surface area contributed by atoms with Gasteiger partial charge in [-0.2, -0.15) is 0 Å². The Bertz CT molecular complexity index is 230. The van der Waals surface area contributed by atoms with Gasteiger partial charge in [-0.25, -0.2) is 0 Å². The van der Waals surface area contributed by atoms with Gasteiger partial charge in [0.2, 0.25) is 0 Å². The van der Waals surface area contributed by atoms with Crippen molar-refractivity contribution in [2.45, 2.75) is 33.1 Å². The number of nitrogens with one attached hydrogen (secondary N) is 1. The fourth-order valence-electron chi connectivity index (χ4n) is 3.10. The average molecular weight is 277 g/mol. The summed E-state index contributed by atoms with van der Waals surface area (Å²) in [6.07, 6.45) is 4.14. The molecule has 0 aromatic rings. The molecule has 0 radical (unpaired) electrons. The molecule has 0 amide bonds. The van der Waals surface area contributed by atoms with Gasteiger partial charge in [-0.15, -0.1) is 12.4 Å². The van der Waals surface area contributed by atoms with Crippen molar-refractivity contribution >= 4 is 12.4 Å². The Labute approximate surface area is 118 Å². The van der Waals surface area contributed by atoms with Gasteiger partial charge in [-0.1, -0.05) is 13.8 Å². The van der Waals surface area contributed by atoms with Crippen molar-refractivity contribution in [1.82, 2.24) is 10.2 Å². The monoisotopic (exact) mass is 276 g/mol. The summed E-state index contributed by atoms with van der Waals surface area (Å²) in [5, 5.41) is 3.47. The van der Waals surface area contributed by atoms with Gasteiger partial charge in [0.05, 0.1) is 6.61 Å². The highest BCUT2D eigenvalue weighted by Gasteiger charge is 2.38. The van der Waals surface area contributed by atoms with Gasteiger partial charge in [-0.05, 0) is 50.2 Å². The third-order valence-electron chi connectivity index (χ3n) is 4.18. The Kier molecular flexibility index (Phi) is 6.93. The summed E-state index contributed by atoms with van der Waals surface area (Å²) in [5.41, 5.74) is 0.642. The SMILES string of the molecule is CC(C)COCCN1CCC2(CCNCC2)C1.Cl. The van der Waals surface area contributed by atoms with E-state index in [2.05, 4.69) is 24.1 Å². The van der Waals surface area contributed by atoms with Crippen LogP contribution >= 0.6 is 12.4 Å². The van der Waals surface area contributed by atoms with Crippen LogP contribution in [-0.2, 0) is 4.74 Å². The van der Waals surface area contributed by atoms with E-state index in [1.165, 1.54) is 45.4 Å². The van der Waals surface area contributed by atoms with E-state index >= 15 is 0 Å². The first-order chi connectivity index (χ1) is 8.20. The minimum atomic E-state index is 0. The van der Waals surface area contributed by atoms with Gasteiger partial charge in [0.25, 0.3) is 0 Å². The van der Waals surface area contributed by atoms with E-state index in [4.69, 9.17) is 4.74 Å². The lowest BCUT2D eigenvalue weighted by Crippen LogP contribution is -2.39. The predicted octanol–water partition coefficient (Wildman–Crippen LogP) is 2.16. The molecule has 0 unspecified atom stereocenters. The van der Waals surface area contributed by atoms with E-state index in [1.807, 2.05) is 0 Å². The quantitative estimate of drug-likeness (QED) is 0.779. The zero-order valence-electron chi connectivity index (χ0n) is 11.9. The highest BCUT2D eigenvalue weighted by atomic mass is 35.5. The van der Waals surface area contributed by atoms with Crippen molar-refractivity contribution in [2.24, 2.45) is 11.3 Å². The van der Waals surface area contributed by atoms with Gasteiger partial charge in [-0.3, -0.25) is 0 Å². The first kappa shape index (κ1) is 16.2. The van der Waals surface area contributed by atoms with Crippen LogP contribution in [0.15, 0.2) is 0 Å². The van der Waals surface area contributed by atoms with Gasteiger partial charge < -0.3 is 15.0 Å². The van der Waals surface area contributed by atoms with Crippen molar-refractivity contribution < 1.29 is 4.74 Å². The Balaban J connectivity index is 0.00000162. The molecule has 2 aliphatic heterocycles. The molecule has 108 valence electrons. The summed E-state index contributed by atoms with van der Waals surface area (Å²) in [7, 11) is 0. The number of likely N-dealkylation sites (tertiary alicyclic amines) is 1. The molecule has 1 spiro atoms. The Morgan fingerprint density at radius 2 is 1.94 bits per heavy atom. The molecular weight excluding hydrogens is 248 g/mol. The lowest BCUT2D eigenvalue weighted by atomic mass is 9.78. The average Bonchev–Trinajstić information content (AvgIpc) is 2.69.